The number of amides is 1. The first-order chi connectivity index (χ1) is 10.3. The van der Waals surface area contributed by atoms with Crippen LogP contribution in [0.2, 0.25) is 0 Å². The molecule has 3 heteroatoms. The zero-order chi connectivity index (χ0) is 14.9. The number of carbonyl (C=O) groups is 1. The smallest absolute Gasteiger partial charge is 0.222 e. The van der Waals surface area contributed by atoms with Gasteiger partial charge in [0, 0.05) is 19.0 Å². The van der Waals surface area contributed by atoms with E-state index >= 15 is 0 Å². The van der Waals surface area contributed by atoms with Gasteiger partial charge in [-0.05, 0) is 51.1 Å². The maximum Gasteiger partial charge on any atom is 0.222 e. The molecule has 1 atom stereocenters. The number of rotatable bonds is 10. The minimum absolute atomic E-state index is 0.429. The minimum atomic E-state index is 0.429. The summed E-state index contributed by atoms with van der Waals surface area (Å²) in [5.74, 6) is 1.12. The third-order valence-electron chi connectivity index (χ3n) is 4.91. The second kappa shape index (κ2) is 9.45. The highest BCUT2D eigenvalue weighted by atomic mass is 16.2. The van der Waals surface area contributed by atoms with E-state index in [4.69, 9.17) is 0 Å². The topological polar surface area (TPSA) is 32.3 Å². The van der Waals surface area contributed by atoms with Gasteiger partial charge in [-0.3, -0.25) is 4.79 Å². The van der Waals surface area contributed by atoms with Gasteiger partial charge in [0.05, 0.1) is 0 Å². The maximum absolute atomic E-state index is 12.5. The summed E-state index contributed by atoms with van der Waals surface area (Å²) in [7, 11) is 0. The van der Waals surface area contributed by atoms with E-state index in [-0.39, 0.29) is 0 Å². The van der Waals surface area contributed by atoms with Crippen molar-refractivity contribution < 1.29 is 4.79 Å². The van der Waals surface area contributed by atoms with Crippen LogP contribution in [-0.4, -0.2) is 36.5 Å². The molecule has 1 aliphatic carbocycles. The largest absolute Gasteiger partial charge is 0.339 e. The summed E-state index contributed by atoms with van der Waals surface area (Å²) in [4.78, 5) is 14.7. The van der Waals surface area contributed by atoms with Gasteiger partial charge >= 0.3 is 0 Å². The van der Waals surface area contributed by atoms with Gasteiger partial charge in [-0.1, -0.05) is 39.0 Å². The normalized spacial score (nSPS) is 22.2. The molecule has 1 saturated heterocycles. The molecule has 0 radical (unpaired) electrons. The van der Waals surface area contributed by atoms with E-state index in [0.29, 0.717) is 17.9 Å². The van der Waals surface area contributed by atoms with Crippen molar-refractivity contribution in [1.82, 2.24) is 10.2 Å². The number of carbonyl (C=O) groups excluding carboxylic acids is 1. The van der Waals surface area contributed by atoms with E-state index < -0.39 is 0 Å². The van der Waals surface area contributed by atoms with E-state index in [1.54, 1.807) is 0 Å². The van der Waals surface area contributed by atoms with Crippen molar-refractivity contribution in [3.05, 3.63) is 0 Å². The lowest BCUT2D eigenvalue weighted by atomic mass is 9.98. The Morgan fingerprint density at radius 1 is 1.10 bits per heavy atom. The predicted octanol–water partition coefficient (Wildman–Crippen LogP) is 3.73. The van der Waals surface area contributed by atoms with Crippen molar-refractivity contribution in [3.63, 3.8) is 0 Å². The number of hydrogen-bond donors (Lipinski definition) is 1. The summed E-state index contributed by atoms with van der Waals surface area (Å²) >= 11 is 0. The van der Waals surface area contributed by atoms with E-state index in [0.717, 1.165) is 32.5 Å². The van der Waals surface area contributed by atoms with Gasteiger partial charge in [-0.15, -0.1) is 0 Å². The molecule has 21 heavy (non-hydrogen) atoms. The molecule has 0 aromatic heterocycles. The summed E-state index contributed by atoms with van der Waals surface area (Å²) in [5, 5.41) is 3.47. The van der Waals surface area contributed by atoms with Gasteiger partial charge in [0.25, 0.3) is 0 Å². The highest BCUT2D eigenvalue weighted by Gasteiger charge is 2.33. The molecule has 2 fully saturated rings. The van der Waals surface area contributed by atoms with Crippen LogP contribution in [0.4, 0.5) is 0 Å². The molecule has 1 aliphatic heterocycles. The maximum atomic E-state index is 12.5. The molecule has 1 heterocycles. The molecular weight excluding hydrogens is 260 g/mol. The summed E-state index contributed by atoms with van der Waals surface area (Å²) in [5.41, 5.74) is 0. The van der Waals surface area contributed by atoms with E-state index in [9.17, 15) is 4.79 Å². The Labute approximate surface area is 130 Å². The first-order valence-corrected chi connectivity index (χ1v) is 9.31. The summed E-state index contributed by atoms with van der Waals surface area (Å²) in [6.45, 7) is 5.52. The summed E-state index contributed by atoms with van der Waals surface area (Å²) < 4.78 is 0. The first-order valence-electron chi connectivity index (χ1n) is 9.31. The zero-order valence-corrected chi connectivity index (χ0v) is 13.9. The fourth-order valence-corrected chi connectivity index (χ4v) is 3.40. The summed E-state index contributed by atoms with van der Waals surface area (Å²) in [6.07, 6.45) is 13.4. The lowest BCUT2D eigenvalue weighted by molar-refractivity contribution is -0.132. The molecule has 1 amide bonds. The van der Waals surface area contributed by atoms with Gasteiger partial charge in [0.1, 0.15) is 0 Å². The molecule has 3 nitrogen and oxygen atoms in total. The van der Waals surface area contributed by atoms with Gasteiger partial charge in [-0.2, -0.15) is 0 Å². The van der Waals surface area contributed by atoms with Gasteiger partial charge in [0.15, 0.2) is 0 Å². The lowest BCUT2D eigenvalue weighted by Gasteiger charge is -2.30. The number of hydrogen-bond acceptors (Lipinski definition) is 2. The molecule has 1 unspecified atom stereocenters. The standard InChI is InChI=1S/C18H34N2O/c1-2-3-4-5-6-7-10-18(21)20(17-11-12-17)15-16-9-8-13-19-14-16/h16-17,19H,2-15H2,1H3. The third-order valence-corrected chi connectivity index (χ3v) is 4.91. The first kappa shape index (κ1) is 16.8. The third kappa shape index (κ3) is 6.37. The highest BCUT2D eigenvalue weighted by Crippen LogP contribution is 2.29. The Kier molecular flexibility index (Phi) is 7.56. The van der Waals surface area contributed by atoms with Crippen molar-refractivity contribution in [2.24, 2.45) is 5.92 Å². The number of unbranched alkanes of at least 4 members (excludes halogenated alkanes) is 5. The van der Waals surface area contributed by atoms with Crippen molar-refractivity contribution in [2.75, 3.05) is 19.6 Å². The number of nitrogens with one attached hydrogen (secondary N) is 1. The van der Waals surface area contributed by atoms with Crippen LogP contribution in [0.1, 0.15) is 77.6 Å². The average Bonchev–Trinajstić information content (AvgIpc) is 3.34. The fraction of sp³-hybridized carbons (Fsp3) is 0.944. The van der Waals surface area contributed by atoms with Crippen LogP contribution < -0.4 is 5.32 Å². The number of nitrogens with zero attached hydrogens (tertiary/aromatic N) is 1. The van der Waals surface area contributed by atoms with E-state index in [2.05, 4.69) is 17.1 Å². The quantitative estimate of drug-likeness (QED) is 0.623. The van der Waals surface area contributed by atoms with E-state index in [1.807, 2.05) is 0 Å². The molecular formula is C18H34N2O. The molecule has 1 saturated carbocycles. The van der Waals surface area contributed by atoms with E-state index in [1.165, 1.54) is 57.8 Å². The second-order valence-corrected chi connectivity index (χ2v) is 7.01. The SMILES string of the molecule is CCCCCCCCC(=O)N(CC1CCCNC1)C1CC1. The second-order valence-electron chi connectivity index (χ2n) is 7.01. The van der Waals surface area contributed by atoms with Crippen LogP contribution in [0.25, 0.3) is 0 Å². The molecule has 0 aromatic carbocycles. The Hall–Kier alpha value is -0.570. The van der Waals surface area contributed by atoms with Gasteiger partial charge < -0.3 is 10.2 Å². The lowest BCUT2D eigenvalue weighted by Crippen LogP contribution is -2.42. The van der Waals surface area contributed by atoms with Crippen LogP contribution in [0.3, 0.4) is 0 Å². The summed E-state index contributed by atoms with van der Waals surface area (Å²) in [6, 6.07) is 0.583. The molecule has 0 bridgehead atoms. The Balaban J connectivity index is 1.64. The Morgan fingerprint density at radius 2 is 1.86 bits per heavy atom. The van der Waals surface area contributed by atoms with Crippen molar-refractivity contribution >= 4 is 5.91 Å². The van der Waals surface area contributed by atoms with Crippen LogP contribution in [-0.2, 0) is 4.79 Å². The fourth-order valence-electron chi connectivity index (χ4n) is 3.40. The van der Waals surface area contributed by atoms with Crippen LogP contribution in [0.15, 0.2) is 0 Å². The molecule has 1 N–H and O–H groups in total. The van der Waals surface area contributed by atoms with Crippen LogP contribution >= 0.6 is 0 Å². The minimum Gasteiger partial charge on any atom is -0.339 e. The highest BCUT2D eigenvalue weighted by molar-refractivity contribution is 5.76. The number of piperidine rings is 1. The van der Waals surface area contributed by atoms with Crippen LogP contribution in [0.5, 0.6) is 0 Å². The zero-order valence-electron chi connectivity index (χ0n) is 13.9. The van der Waals surface area contributed by atoms with Crippen molar-refractivity contribution in [2.45, 2.75) is 83.6 Å². The predicted molar refractivity (Wildman–Crippen MR) is 88.3 cm³/mol. The van der Waals surface area contributed by atoms with Crippen LogP contribution in [0, 0.1) is 5.92 Å². The Morgan fingerprint density at radius 3 is 2.52 bits per heavy atom. The van der Waals surface area contributed by atoms with Crippen molar-refractivity contribution in [1.29, 1.82) is 0 Å². The monoisotopic (exact) mass is 294 g/mol. The molecule has 2 aliphatic rings. The molecule has 122 valence electrons. The molecule has 0 spiro atoms. The average molecular weight is 294 g/mol. The molecule has 2 rings (SSSR count). The Bertz CT molecular complexity index is 296. The van der Waals surface area contributed by atoms with Gasteiger partial charge in [-0.25, -0.2) is 0 Å². The van der Waals surface area contributed by atoms with Crippen molar-refractivity contribution in [3.8, 4) is 0 Å². The molecule has 0 aromatic rings. The van der Waals surface area contributed by atoms with Gasteiger partial charge in [0.2, 0.25) is 5.91 Å².